The lowest BCUT2D eigenvalue weighted by Crippen LogP contribution is -2.52. The van der Waals surface area contributed by atoms with E-state index in [9.17, 15) is 23.6 Å². The van der Waals surface area contributed by atoms with Crippen LogP contribution in [0.2, 0.25) is 0 Å². The fourth-order valence-corrected chi connectivity index (χ4v) is 4.06. The topological polar surface area (TPSA) is 107 Å². The first-order chi connectivity index (χ1) is 14.3. The van der Waals surface area contributed by atoms with Gasteiger partial charge in [-0.25, -0.2) is 4.39 Å². The number of carboxylic acids is 1. The Bertz CT molecular complexity index is 853. The number of Topliss-reactive ketones (excluding diaryl/α,β-unsaturated/α-hetero) is 1. The molecule has 0 aromatic heterocycles. The van der Waals surface area contributed by atoms with Gasteiger partial charge in [0.2, 0.25) is 5.91 Å². The number of fused-ring (bicyclic) bond motifs is 1. The normalized spacial score (nSPS) is 17.6. The summed E-state index contributed by atoms with van der Waals surface area (Å²) < 4.78 is 12.8. The molecule has 0 radical (unpaired) electrons. The molecule has 2 amide bonds. The average molecular weight is 419 g/mol. The Hall–Kier alpha value is -2.97. The minimum Gasteiger partial charge on any atom is -0.481 e. The lowest BCUT2D eigenvalue weighted by atomic mass is 10.1. The number of alkyl halides is 1. The predicted octanol–water partition coefficient (Wildman–Crippen LogP) is 1.52. The lowest BCUT2D eigenvalue weighted by Gasteiger charge is -2.27. The molecular formula is C21H26FN3O5. The van der Waals surface area contributed by atoms with E-state index >= 15 is 0 Å². The Morgan fingerprint density at radius 3 is 2.53 bits per heavy atom. The van der Waals surface area contributed by atoms with Crippen LogP contribution >= 0.6 is 0 Å². The molecule has 1 fully saturated rings. The van der Waals surface area contributed by atoms with Crippen molar-refractivity contribution in [3.63, 3.8) is 0 Å². The summed E-state index contributed by atoms with van der Waals surface area (Å²) in [5.41, 5.74) is 2.35. The smallest absolute Gasteiger partial charge is 0.305 e. The summed E-state index contributed by atoms with van der Waals surface area (Å²) in [6.07, 6.45) is 1.79. The zero-order valence-electron chi connectivity index (χ0n) is 16.9. The van der Waals surface area contributed by atoms with Crippen molar-refractivity contribution < 1.29 is 28.7 Å². The fourth-order valence-electron chi connectivity index (χ4n) is 4.06. The van der Waals surface area contributed by atoms with Gasteiger partial charge in [0.1, 0.15) is 18.8 Å². The van der Waals surface area contributed by atoms with Crippen LogP contribution in [0.3, 0.4) is 0 Å². The van der Waals surface area contributed by atoms with Crippen molar-refractivity contribution in [1.29, 1.82) is 0 Å². The predicted molar refractivity (Wildman–Crippen MR) is 107 cm³/mol. The number of halogens is 1. The Balaban J connectivity index is 1.75. The molecule has 9 heteroatoms. The van der Waals surface area contributed by atoms with E-state index in [0.29, 0.717) is 5.56 Å². The number of aliphatic carboxylic acids is 1. The van der Waals surface area contributed by atoms with Gasteiger partial charge in [-0.1, -0.05) is 13.0 Å². The molecule has 0 saturated carbocycles. The highest BCUT2D eigenvalue weighted by Crippen LogP contribution is 2.30. The molecule has 2 heterocycles. The van der Waals surface area contributed by atoms with Gasteiger partial charge in [0.25, 0.3) is 5.91 Å². The number of hydrogen-bond acceptors (Lipinski definition) is 5. The second-order valence-corrected chi connectivity index (χ2v) is 7.65. The first-order valence-electron chi connectivity index (χ1n) is 10.1. The molecule has 1 saturated heterocycles. The molecule has 1 aromatic rings. The summed E-state index contributed by atoms with van der Waals surface area (Å²) in [6.45, 7) is 2.50. The summed E-state index contributed by atoms with van der Waals surface area (Å²) in [7, 11) is 0. The summed E-state index contributed by atoms with van der Waals surface area (Å²) >= 11 is 0. The fraction of sp³-hybridized carbons (Fsp3) is 0.524. The number of ketones is 1. The number of rotatable bonds is 9. The highest BCUT2D eigenvalue weighted by Gasteiger charge is 2.37. The molecule has 3 rings (SSSR count). The summed E-state index contributed by atoms with van der Waals surface area (Å²) in [5, 5.41) is 11.2. The van der Waals surface area contributed by atoms with E-state index < -0.39 is 42.8 Å². The molecule has 2 aliphatic rings. The van der Waals surface area contributed by atoms with Gasteiger partial charge in [-0.3, -0.25) is 19.2 Å². The second kappa shape index (κ2) is 9.23. The molecule has 30 heavy (non-hydrogen) atoms. The third kappa shape index (κ3) is 4.44. The molecule has 2 N–H and O–H groups in total. The van der Waals surface area contributed by atoms with Crippen molar-refractivity contribution in [2.45, 2.75) is 51.2 Å². The minimum absolute atomic E-state index is 0.251. The van der Waals surface area contributed by atoms with E-state index in [0.717, 1.165) is 37.2 Å². The van der Waals surface area contributed by atoms with Gasteiger partial charge in [-0.05, 0) is 37.0 Å². The van der Waals surface area contributed by atoms with Gasteiger partial charge < -0.3 is 20.2 Å². The van der Waals surface area contributed by atoms with E-state index in [1.165, 1.54) is 4.90 Å². The Morgan fingerprint density at radius 2 is 1.93 bits per heavy atom. The van der Waals surface area contributed by atoms with Crippen LogP contribution in [-0.4, -0.2) is 65.4 Å². The highest BCUT2D eigenvalue weighted by molar-refractivity contribution is 6.02. The van der Waals surface area contributed by atoms with E-state index in [2.05, 4.69) is 10.2 Å². The van der Waals surface area contributed by atoms with Crippen molar-refractivity contribution in [2.24, 2.45) is 0 Å². The molecule has 2 aliphatic heterocycles. The zero-order valence-corrected chi connectivity index (χ0v) is 16.9. The third-order valence-corrected chi connectivity index (χ3v) is 5.68. The monoisotopic (exact) mass is 419 g/mol. The Kier molecular flexibility index (Phi) is 6.69. The van der Waals surface area contributed by atoms with Crippen LogP contribution < -0.4 is 10.2 Å². The molecule has 162 valence electrons. The van der Waals surface area contributed by atoms with Crippen LogP contribution in [0, 0.1) is 0 Å². The van der Waals surface area contributed by atoms with E-state index in [-0.39, 0.29) is 18.9 Å². The lowest BCUT2D eigenvalue weighted by molar-refractivity contribution is -0.140. The van der Waals surface area contributed by atoms with Crippen molar-refractivity contribution in [3.05, 3.63) is 29.3 Å². The highest BCUT2D eigenvalue weighted by atomic mass is 19.1. The number of anilines is 1. The van der Waals surface area contributed by atoms with Crippen molar-refractivity contribution in [2.75, 3.05) is 24.7 Å². The van der Waals surface area contributed by atoms with E-state index in [1.807, 2.05) is 18.2 Å². The molecule has 8 nitrogen and oxygen atoms in total. The maximum absolute atomic E-state index is 13.0. The van der Waals surface area contributed by atoms with Crippen LogP contribution in [0.4, 0.5) is 10.1 Å². The number of hydrogen-bond donors (Lipinski definition) is 2. The second-order valence-electron chi connectivity index (χ2n) is 7.65. The number of carbonyl (C=O) groups is 4. The molecule has 1 aromatic carbocycles. The van der Waals surface area contributed by atoms with E-state index in [1.54, 1.807) is 6.92 Å². The van der Waals surface area contributed by atoms with Gasteiger partial charge in [0.15, 0.2) is 5.78 Å². The number of nitrogens with one attached hydrogen (secondary N) is 1. The molecule has 0 bridgehead atoms. The Morgan fingerprint density at radius 1 is 1.23 bits per heavy atom. The van der Waals surface area contributed by atoms with Gasteiger partial charge in [-0.15, -0.1) is 0 Å². The van der Waals surface area contributed by atoms with Crippen LogP contribution in [0.1, 0.15) is 48.5 Å². The molecule has 0 spiro atoms. The van der Waals surface area contributed by atoms with Gasteiger partial charge >= 0.3 is 5.97 Å². The molecular weight excluding hydrogens is 393 g/mol. The first-order valence-corrected chi connectivity index (χ1v) is 10.1. The first kappa shape index (κ1) is 21.7. The molecule has 2 unspecified atom stereocenters. The average Bonchev–Trinajstić information content (AvgIpc) is 3.36. The summed E-state index contributed by atoms with van der Waals surface area (Å²) in [4.78, 5) is 52.1. The zero-order chi connectivity index (χ0) is 21.8. The summed E-state index contributed by atoms with van der Waals surface area (Å²) in [6, 6.07) is 3.38. The van der Waals surface area contributed by atoms with E-state index in [4.69, 9.17) is 5.11 Å². The number of amides is 2. The SMILES string of the molecule is CCC(C(=O)NC(CC(=O)O)C(=O)CF)N1Cc2ccc(N3CCCC3)cc2C1=O. The van der Waals surface area contributed by atoms with Crippen molar-refractivity contribution in [1.82, 2.24) is 10.2 Å². The number of carboxylic acid groups (broad SMARTS) is 1. The quantitative estimate of drug-likeness (QED) is 0.629. The maximum Gasteiger partial charge on any atom is 0.305 e. The van der Waals surface area contributed by atoms with Crippen molar-refractivity contribution >= 4 is 29.3 Å². The van der Waals surface area contributed by atoms with Crippen LogP contribution in [0.25, 0.3) is 0 Å². The minimum atomic E-state index is -1.46. The van der Waals surface area contributed by atoms with Gasteiger partial charge in [0, 0.05) is 30.9 Å². The van der Waals surface area contributed by atoms with Crippen LogP contribution in [-0.2, 0) is 20.9 Å². The summed E-state index contributed by atoms with van der Waals surface area (Å²) in [5.74, 6) is -3.27. The third-order valence-electron chi connectivity index (χ3n) is 5.68. The van der Waals surface area contributed by atoms with Crippen LogP contribution in [0.15, 0.2) is 18.2 Å². The van der Waals surface area contributed by atoms with Crippen molar-refractivity contribution in [3.8, 4) is 0 Å². The van der Waals surface area contributed by atoms with Crippen LogP contribution in [0.5, 0.6) is 0 Å². The number of benzene rings is 1. The number of nitrogens with zero attached hydrogens (tertiary/aromatic N) is 2. The standard InChI is InChI=1S/C21H26FN3O5/c1-2-17(20(29)23-16(10-19(27)28)18(26)11-22)25-12-13-5-6-14(9-15(13)21(25)30)24-7-3-4-8-24/h5-6,9,16-17H,2-4,7-8,10-12H2,1H3,(H,23,29)(H,27,28). The number of carbonyl (C=O) groups excluding carboxylic acids is 3. The molecule has 2 atom stereocenters. The maximum atomic E-state index is 13.0. The Labute approximate surface area is 174 Å². The van der Waals surface area contributed by atoms with Gasteiger partial charge in [-0.2, -0.15) is 0 Å². The largest absolute Gasteiger partial charge is 0.481 e. The van der Waals surface area contributed by atoms with Gasteiger partial charge in [0.05, 0.1) is 6.42 Å². The molecule has 0 aliphatic carbocycles.